The number of pyridine rings is 1. The Kier molecular flexibility index (Phi) is 2.44. The first-order chi connectivity index (χ1) is 6.66. The molecule has 0 unspecified atom stereocenters. The van der Waals surface area contributed by atoms with Gasteiger partial charge in [-0.3, -0.25) is 4.98 Å². The molecule has 2 nitrogen and oxygen atoms in total. The van der Waals surface area contributed by atoms with E-state index in [1.54, 1.807) is 0 Å². The number of nitrogens with zero attached hydrogens (tertiary/aromatic N) is 1. The van der Waals surface area contributed by atoms with Gasteiger partial charge in [0.05, 0.1) is 0 Å². The molecule has 0 spiro atoms. The number of rotatable bonds is 2. The third-order valence-electron chi connectivity index (χ3n) is 2.62. The Morgan fingerprint density at radius 1 is 1.36 bits per heavy atom. The zero-order valence-corrected chi connectivity index (χ0v) is 9.22. The van der Waals surface area contributed by atoms with Crippen LogP contribution in [-0.4, -0.2) is 11.0 Å². The summed E-state index contributed by atoms with van der Waals surface area (Å²) in [4.78, 5) is 4.58. The van der Waals surface area contributed by atoms with Gasteiger partial charge in [-0.15, -0.1) is 0 Å². The van der Waals surface area contributed by atoms with Crippen molar-refractivity contribution in [3.63, 3.8) is 0 Å². The molecule has 0 fully saturated rings. The monoisotopic (exact) mass is 190 g/mol. The highest BCUT2D eigenvalue weighted by Gasteiger charge is 2.16. The smallest absolute Gasteiger partial charge is 0.0459 e. The van der Waals surface area contributed by atoms with E-state index in [1.165, 1.54) is 29.8 Å². The molecule has 2 heteroatoms. The predicted octanol–water partition coefficient (Wildman–Crippen LogP) is 2.70. The Morgan fingerprint density at radius 2 is 2.14 bits per heavy atom. The van der Waals surface area contributed by atoms with Crippen molar-refractivity contribution < 1.29 is 0 Å². The Balaban J connectivity index is 2.38. The number of nitrogens with one attached hydrogen (secondary N) is 1. The van der Waals surface area contributed by atoms with Crippen molar-refractivity contribution in [3.8, 4) is 0 Å². The average molecular weight is 190 g/mol. The number of anilines is 1. The molecule has 0 aromatic carbocycles. The molecule has 0 aliphatic heterocycles. The molecule has 0 saturated heterocycles. The van der Waals surface area contributed by atoms with Crippen molar-refractivity contribution in [1.82, 2.24) is 4.98 Å². The van der Waals surface area contributed by atoms with Crippen LogP contribution in [0.2, 0.25) is 0 Å². The molecule has 1 N–H and O–H groups in total. The molecule has 1 aliphatic rings. The molecule has 1 aromatic heterocycles. The molecule has 0 radical (unpaired) electrons. The van der Waals surface area contributed by atoms with E-state index in [0.717, 1.165) is 12.1 Å². The number of aryl methyl sites for hydroxylation is 2. The highest BCUT2D eigenvalue weighted by Crippen LogP contribution is 2.28. The van der Waals surface area contributed by atoms with Gasteiger partial charge in [-0.1, -0.05) is 0 Å². The molecule has 76 valence electrons. The normalized spacial score (nSPS) is 14.6. The van der Waals surface area contributed by atoms with E-state index in [2.05, 4.69) is 37.1 Å². The van der Waals surface area contributed by atoms with Gasteiger partial charge in [-0.05, 0) is 51.7 Å². The molecule has 1 aromatic rings. The fourth-order valence-electron chi connectivity index (χ4n) is 2.12. The number of hydrogen-bond acceptors (Lipinski definition) is 2. The minimum atomic E-state index is 0.501. The van der Waals surface area contributed by atoms with E-state index in [1.807, 2.05) is 0 Å². The third-order valence-corrected chi connectivity index (χ3v) is 2.62. The number of hydrogen-bond donors (Lipinski definition) is 1. The van der Waals surface area contributed by atoms with E-state index in [4.69, 9.17) is 0 Å². The Labute approximate surface area is 85.7 Å². The molecule has 0 atom stereocenters. The molecule has 1 heterocycles. The summed E-state index contributed by atoms with van der Waals surface area (Å²) in [5, 5.41) is 3.51. The van der Waals surface area contributed by atoms with Gasteiger partial charge >= 0.3 is 0 Å². The van der Waals surface area contributed by atoms with Crippen LogP contribution in [0.1, 0.15) is 37.2 Å². The van der Waals surface area contributed by atoms with Gasteiger partial charge in [0.15, 0.2) is 0 Å². The number of fused-ring (bicyclic) bond motifs is 1. The van der Waals surface area contributed by atoms with Crippen LogP contribution in [-0.2, 0) is 12.8 Å². The second-order valence-corrected chi connectivity index (χ2v) is 4.39. The predicted molar refractivity (Wildman–Crippen MR) is 59.8 cm³/mol. The summed E-state index contributed by atoms with van der Waals surface area (Å²) in [7, 11) is 0. The minimum absolute atomic E-state index is 0.501. The molecule has 1 aliphatic carbocycles. The van der Waals surface area contributed by atoms with Gasteiger partial charge in [-0.2, -0.15) is 0 Å². The summed E-state index contributed by atoms with van der Waals surface area (Å²) < 4.78 is 0. The van der Waals surface area contributed by atoms with Crippen molar-refractivity contribution in [1.29, 1.82) is 0 Å². The minimum Gasteiger partial charge on any atom is -0.383 e. The van der Waals surface area contributed by atoms with Gasteiger partial charge < -0.3 is 5.32 Å². The molecule has 0 saturated carbocycles. The van der Waals surface area contributed by atoms with Crippen LogP contribution in [0.4, 0.5) is 5.69 Å². The summed E-state index contributed by atoms with van der Waals surface area (Å²) in [6.07, 6.45) is 3.61. The zero-order valence-electron chi connectivity index (χ0n) is 9.22. The molecular weight excluding hydrogens is 172 g/mol. The van der Waals surface area contributed by atoms with Crippen LogP contribution in [0.3, 0.4) is 0 Å². The van der Waals surface area contributed by atoms with E-state index in [-0.39, 0.29) is 0 Å². The van der Waals surface area contributed by atoms with Gasteiger partial charge in [0, 0.05) is 23.1 Å². The average Bonchev–Trinajstić information content (AvgIpc) is 2.50. The van der Waals surface area contributed by atoms with Crippen LogP contribution in [0, 0.1) is 6.92 Å². The third kappa shape index (κ3) is 1.74. The Morgan fingerprint density at radius 3 is 2.86 bits per heavy atom. The van der Waals surface area contributed by atoms with Crippen molar-refractivity contribution in [2.24, 2.45) is 0 Å². The quantitative estimate of drug-likeness (QED) is 0.775. The molecular formula is C12H18N2. The Hall–Kier alpha value is -1.05. The lowest BCUT2D eigenvalue weighted by Crippen LogP contribution is -2.12. The van der Waals surface area contributed by atoms with Gasteiger partial charge in [0.25, 0.3) is 0 Å². The largest absolute Gasteiger partial charge is 0.383 e. The highest BCUT2D eigenvalue weighted by atomic mass is 14.9. The van der Waals surface area contributed by atoms with Crippen molar-refractivity contribution in [2.75, 3.05) is 5.32 Å². The number of aromatic nitrogens is 1. The van der Waals surface area contributed by atoms with E-state index < -0.39 is 0 Å². The first kappa shape index (κ1) is 9.50. The van der Waals surface area contributed by atoms with Crippen molar-refractivity contribution in [3.05, 3.63) is 23.0 Å². The summed E-state index contributed by atoms with van der Waals surface area (Å²) in [5.41, 5.74) is 5.20. The van der Waals surface area contributed by atoms with Crippen LogP contribution >= 0.6 is 0 Å². The van der Waals surface area contributed by atoms with Crippen LogP contribution in [0.5, 0.6) is 0 Å². The molecule has 14 heavy (non-hydrogen) atoms. The summed E-state index contributed by atoms with van der Waals surface area (Å²) in [6.45, 7) is 6.43. The first-order valence-electron chi connectivity index (χ1n) is 5.43. The summed E-state index contributed by atoms with van der Waals surface area (Å²) in [6, 6.07) is 2.67. The summed E-state index contributed by atoms with van der Waals surface area (Å²) >= 11 is 0. The summed E-state index contributed by atoms with van der Waals surface area (Å²) in [5.74, 6) is 0. The van der Waals surface area contributed by atoms with Gasteiger partial charge in [0.2, 0.25) is 0 Å². The zero-order chi connectivity index (χ0) is 10.1. The van der Waals surface area contributed by atoms with Gasteiger partial charge in [-0.25, -0.2) is 0 Å². The fourth-order valence-corrected chi connectivity index (χ4v) is 2.12. The molecule has 0 amide bonds. The highest BCUT2D eigenvalue weighted by molar-refractivity contribution is 5.55. The lowest BCUT2D eigenvalue weighted by molar-refractivity contribution is 0.886. The second-order valence-electron chi connectivity index (χ2n) is 4.39. The van der Waals surface area contributed by atoms with E-state index in [0.29, 0.717) is 6.04 Å². The maximum Gasteiger partial charge on any atom is 0.0459 e. The van der Waals surface area contributed by atoms with Crippen LogP contribution in [0.15, 0.2) is 6.07 Å². The molecule has 2 rings (SSSR count). The topological polar surface area (TPSA) is 24.9 Å². The van der Waals surface area contributed by atoms with E-state index in [9.17, 15) is 0 Å². The maximum absolute atomic E-state index is 4.58. The van der Waals surface area contributed by atoms with Crippen molar-refractivity contribution >= 4 is 5.69 Å². The lowest BCUT2D eigenvalue weighted by atomic mass is 10.1. The SMILES string of the molecule is Cc1cc(NC(C)C)c2c(n1)CCC2. The standard InChI is InChI=1S/C12H18N2/c1-8(2)13-12-7-9(3)14-11-6-4-5-10(11)12/h7-8H,4-6H2,1-3H3,(H,13,14). The van der Waals surface area contributed by atoms with Crippen LogP contribution < -0.4 is 5.32 Å². The Bertz CT molecular complexity index is 342. The van der Waals surface area contributed by atoms with E-state index >= 15 is 0 Å². The fraction of sp³-hybridized carbons (Fsp3) is 0.583. The second kappa shape index (κ2) is 3.60. The first-order valence-corrected chi connectivity index (χ1v) is 5.43. The maximum atomic E-state index is 4.58. The lowest BCUT2D eigenvalue weighted by Gasteiger charge is -2.14. The van der Waals surface area contributed by atoms with Crippen molar-refractivity contribution in [2.45, 2.75) is 46.1 Å². The molecule has 0 bridgehead atoms. The van der Waals surface area contributed by atoms with Crippen LogP contribution in [0.25, 0.3) is 0 Å². The van der Waals surface area contributed by atoms with Gasteiger partial charge in [0.1, 0.15) is 0 Å².